The molecule has 0 saturated carbocycles. The van der Waals surface area contributed by atoms with Crippen molar-refractivity contribution in [2.45, 2.75) is 6.92 Å². The first-order valence-corrected chi connectivity index (χ1v) is 6.07. The highest BCUT2D eigenvalue weighted by Crippen LogP contribution is 2.29. The highest BCUT2D eigenvalue weighted by Gasteiger charge is 2.12. The van der Waals surface area contributed by atoms with E-state index in [1.165, 1.54) is 5.56 Å². The molecule has 0 bridgehead atoms. The lowest BCUT2D eigenvalue weighted by Crippen LogP contribution is -1.88. The Bertz CT molecular complexity index is 656. The number of hydrogen-bond acceptors (Lipinski definition) is 3. The summed E-state index contributed by atoms with van der Waals surface area (Å²) in [6.45, 7) is 2.07. The standard InChI is InChI=1S/C11H8ClN3S/c1-7-4-6-16-9(7)11-14-13-10-8(12)3-2-5-15(10)11/h2-6H,1H3. The SMILES string of the molecule is Cc1ccsc1-c1nnc2c(Cl)cccn12. The molecule has 0 N–H and O–H groups in total. The average Bonchev–Trinajstić information content (AvgIpc) is 2.84. The Labute approximate surface area is 101 Å². The van der Waals surface area contributed by atoms with Gasteiger partial charge in [0.05, 0.1) is 9.90 Å². The lowest BCUT2D eigenvalue weighted by Gasteiger charge is -1.98. The molecule has 0 aliphatic carbocycles. The van der Waals surface area contributed by atoms with Crippen molar-refractivity contribution >= 4 is 28.6 Å². The zero-order valence-electron chi connectivity index (χ0n) is 8.51. The molecular weight excluding hydrogens is 242 g/mol. The number of thiophene rings is 1. The fourth-order valence-corrected chi connectivity index (χ4v) is 2.75. The van der Waals surface area contributed by atoms with Crippen LogP contribution in [0.1, 0.15) is 5.56 Å². The summed E-state index contributed by atoms with van der Waals surface area (Å²) in [4.78, 5) is 1.13. The first kappa shape index (κ1) is 9.81. The van der Waals surface area contributed by atoms with Gasteiger partial charge in [-0.05, 0) is 36.1 Å². The normalized spacial score (nSPS) is 11.1. The summed E-state index contributed by atoms with van der Waals surface area (Å²) < 4.78 is 1.92. The van der Waals surface area contributed by atoms with E-state index in [0.29, 0.717) is 10.7 Å². The molecule has 3 aromatic rings. The van der Waals surface area contributed by atoms with E-state index < -0.39 is 0 Å². The summed E-state index contributed by atoms with van der Waals surface area (Å²) >= 11 is 7.71. The number of rotatable bonds is 1. The van der Waals surface area contributed by atoms with Crippen molar-refractivity contribution in [3.05, 3.63) is 40.4 Å². The minimum atomic E-state index is 0.621. The van der Waals surface area contributed by atoms with Gasteiger partial charge in [-0.1, -0.05) is 11.6 Å². The Morgan fingerprint density at radius 2 is 2.19 bits per heavy atom. The average molecular weight is 250 g/mol. The van der Waals surface area contributed by atoms with E-state index in [2.05, 4.69) is 28.6 Å². The van der Waals surface area contributed by atoms with Gasteiger partial charge in [0.1, 0.15) is 0 Å². The van der Waals surface area contributed by atoms with Gasteiger partial charge in [-0.25, -0.2) is 0 Å². The van der Waals surface area contributed by atoms with Gasteiger partial charge in [-0.15, -0.1) is 21.5 Å². The van der Waals surface area contributed by atoms with E-state index >= 15 is 0 Å². The zero-order chi connectivity index (χ0) is 11.1. The number of nitrogens with zero attached hydrogens (tertiary/aromatic N) is 3. The molecule has 3 nitrogen and oxygen atoms in total. The van der Waals surface area contributed by atoms with Crippen molar-refractivity contribution in [1.29, 1.82) is 0 Å². The van der Waals surface area contributed by atoms with Gasteiger partial charge in [0.2, 0.25) is 0 Å². The van der Waals surface area contributed by atoms with Crippen molar-refractivity contribution in [2.75, 3.05) is 0 Å². The van der Waals surface area contributed by atoms with Gasteiger partial charge in [0.15, 0.2) is 11.5 Å². The molecule has 3 aromatic heterocycles. The van der Waals surface area contributed by atoms with Crippen molar-refractivity contribution in [1.82, 2.24) is 14.6 Å². The van der Waals surface area contributed by atoms with E-state index in [1.807, 2.05) is 22.7 Å². The second-order valence-corrected chi connectivity index (χ2v) is 4.83. The van der Waals surface area contributed by atoms with Crippen LogP contribution in [0.2, 0.25) is 5.02 Å². The quantitative estimate of drug-likeness (QED) is 0.662. The summed E-state index contributed by atoms with van der Waals surface area (Å²) in [7, 11) is 0. The van der Waals surface area contributed by atoms with Crippen LogP contribution in [0.25, 0.3) is 16.3 Å². The second-order valence-electron chi connectivity index (χ2n) is 3.51. The molecule has 0 atom stereocenters. The van der Waals surface area contributed by atoms with Crippen LogP contribution >= 0.6 is 22.9 Å². The number of aromatic nitrogens is 3. The third-order valence-corrected chi connectivity index (χ3v) is 3.76. The van der Waals surface area contributed by atoms with Crippen LogP contribution in [0.4, 0.5) is 0 Å². The predicted octanol–water partition coefficient (Wildman–Crippen LogP) is 3.42. The van der Waals surface area contributed by atoms with Crippen LogP contribution in [-0.4, -0.2) is 14.6 Å². The third kappa shape index (κ3) is 1.34. The predicted molar refractivity (Wildman–Crippen MR) is 66.0 cm³/mol. The topological polar surface area (TPSA) is 30.2 Å². The number of pyridine rings is 1. The fourth-order valence-electron chi connectivity index (χ4n) is 1.64. The Kier molecular flexibility index (Phi) is 2.19. The van der Waals surface area contributed by atoms with Crippen LogP contribution in [0.3, 0.4) is 0 Å². The number of aryl methyl sites for hydroxylation is 1. The van der Waals surface area contributed by atoms with E-state index in [4.69, 9.17) is 11.6 Å². The fraction of sp³-hybridized carbons (Fsp3) is 0.0909. The minimum Gasteiger partial charge on any atom is -0.280 e. The van der Waals surface area contributed by atoms with Crippen LogP contribution in [0.5, 0.6) is 0 Å². The molecule has 0 amide bonds. The maximum atomic E-state index is 6.05. The van der Waals surface area contributed by atoms with Gasteiger partial charge >= 0.3 is 0 Å². The van der Waals surface area contributed by atoms with Crippen molar-refractivity contribution in [3.63, 3.8) is 0 Å². The van der Waals surface area contributed by atoms with E-state index in [9.17, 15) is 0 Å². The molecule has 3 rings (SSSR count). The molecule has 0 unspecified atom stereocenters. The molecule has 0 fully saturated rings. The first-order valence-electron chi connectivity index (χ1n) is 4.81. The largest absolute Gasteiger partial charge is 0.280 e. The third-order valence-electron chi connectivity index (χ3n) is 2.45. The summed E-state index contributed by atoms with van der Waals surface area (Å²) in [5, 5.41) is 11.0. The Balaban J connectivity index is 2.34. The molecule has 16 heavy (non-hydrogen) atoms. The molecule has 0 aliphatic heterocycles. The highest BCUT2D eigenvalue weighted by atomic mass is 35.5. The molecule has 0 aliphatic rings. The van der Waals surface area contributed by atoms with Gasteiger partial charge in [-0.2, -0.15) is 0 Å². The molecular formula is C11H8ClN3S. The molecule has 0 spiro atoms. The Morgan fingerprint density at radius 1 is 1.31 bits per heavy atom. The van der Waals surface area contributed by atoms with E-state index in [0.717, 1.165) is 10.7 Å². The van der Waals surface area contributed by atoms with Crippen LogP contribution < -0.4 is 0 Å². The van der Waals surface area contributed by atoms with Crippen molar-refractivity contribution < 1.29 is 0 Å². The van der Waals surface area contributed by atoms with E-state index in [1.54, 1.807) is 11.3 Å². The lowest BCUT2D eigenvalue weighted by atomic mass is 10.3. The first-order chi connectivity index (χ1) is 7.77. The molecule has 0 aromatic carbocycles. The summed E-state index contributed by atoms with van der Waals surface area (Å²) in [6.07, 6.45) is 1.93. The zero-order valence-corrected chi connectivity index (χ0v) is 10.1. The molecule has 0 saturated heterocycles. The molecule has 3 heterocycles. The summed E-state index contributed by atoms with van der Waals surface area (Å²) in [6, 6.07) is 5.79. The maximum Gasteiger partial charge on any atom is 0.179 e. The van der Waals surface area contributed by atoms with E-state index in [-0.39, 0.29) is 0 Å². The maximum absolute atomic E-state index is 6.05. The monoisotopic (exact) mass is 249 g/mol. The van der Waals surface area contributed by atoms with Crippen molar-refractivity contribution in [3.8, 4) is 10.7 Å². The molecule has 80 valence electrons. The molecule has 0 radical (unpaired) electrons. The molecule has 5 heteroatoms. The van der Waals surface area contributed by atoms with Crippen molar-refractivity contribution in [2.24, 2.45) is 0 Å². The van der Waals surface area contributed by atoms with Crippen LogP contribution in [-0.2, 0) is 0 Å². The van der Waals surface area contributed by atoms with Crippen LogP contribution in [0.15, 0.2) is 29.8 Å². The number of fused-ring (bicyclic) bond motifs is 1. The second kappa shape index (κ2) is 3.57. The number of hydrogen-bond donors (Lipinski definition) is 0. The Morgan fingerprint density at radius 3 is 2.94 bits per heavy atom. The minimum absolute atomic E-state index is 0.621. The lowest BCUT2D eigenvalue weighted by molar-refractivity contribution is 1.11. The van der Waals surface area contributed by atoms with Gasteiger partial charge < -0.3 is 0 Å². The number of halogens is 1. The van der Waals surface area contributed by atoms with Crippen LogP contribution in [0, 0.1) is 6.92 Å². The van der Waals surface area contributed by atoms with Gasteiger partial charge in [0.25, 0.3) is 0 Å². The summed E-state index contributed by atoms with van der Waals surface area (Å²) in [5.41, 5.74) is 1.91. The smallest absolute Gasteiger partial charge is 0.179 e. The van der Waals surface area contributed by atoms with Gasteiger partial charge in [-0.3, -0.25) is 4.40 Å². The summed E-state index contributed by atoms with van der Waals surface area (Å²) in [5.74, 6) is 0.852. The van der Waals surface area contributed by atoms with Gasteiger partial charge in [0, 0.05) is 6.20 Å². The Hall–Kier alpha value is -1.39. The highest BCUT2D eigenvalue weighted by molar-refractivity contribution is 7.13.